The summed E-state index contributed by atoms with van der Waals surface area (Å²) in [5.41, 5.74) is 0. The van der Waals surface area contributed by atoms with Crippen LogP contribution in [0.4, 0.5) is 0 Å². The Bertz CT molecular complexity index is 820. The minimum Gasteiger partial charge on any atom is -0.507 e. The van der Waals surface area contributed by atoms with Crippen LogP contribution in [0, 0.1) is 0 Å². The quantitative estimate of drug-likeness (QED) is 0.450. The highest BCUT2D eigenvalue weighted by molar-refractivity contribution is 9.10. The Balaban J connectivity index is 2.47. The SMILES string of the molecule is Oc1ccc2ccc3c(Br)ccc4ccc1c2c43. The molecule has 0 heterocycles. The molecule has 1 nitrogen and oxygen atoms in total. The van der Waals surface area contributed by atoms with Crippen LogP contribution in [0.5, 0.6) is 5.75 Å². The van der Waals surface area contributed by atoms with Gasteiger partial charge in [-0.1, -0.05) is 52.3 Å². The zero-order valence-electron chi connectivity index (χ0n) is 9.44. The smallest absolute Gasteiger partial charge is 0.123 e. The fourth-order valence-electron chi connectivity index (χ4n) is 2.75. The van der Waals surface area contributed by atoms with Crippen molar-refractivity contribution in [2.45, 2.75) is 0 Å². The molecule has 0 aliphatic carbocycles. The van der Waals surface area contributed by atoms with E-state index in [4.69, 9.17) is 0 Å². The first-order valence-electron chi connectivity index (χ1n) is 5.81. The van der Waals surface area contributed by atoms with Gasteiger partial charge in [-0.05, 0) is 33.7 Å². The van der Waals surface area contributed by atoms with Gasteiger partial charge in [0.25, 0.3) is 0 Å². The molecule has 0 spiro atoms. The summed E-state index contributed by atoms with van der Waals surface area (Å²) in [5, 5.41) is 16.8. The fourth-order valence-corrected chi connectivity index (χ4v) is 3.21. The zero-order valence-corrected chi connectivity index (χ0v) is 11.0. The van der Waals surface area contributed by atoms with Crippen LogP contribution >= 0.6 is 15.9 Å². The topological polar surface area (TPSA) is 20.2 Å². The van der Waals surface area contributed by atoms with Crippen molar-refractivity contribution >= 4 is 48.2 Å². The summed E-state index contributed by atoms with van der Waals surface area (Å²) >= 11 is 3.60. The highest BCUT2D eigenvalue weighted by Crippen LogP contribution is 2.40. The van der Waals surface area contributed by atoms with Gasteiger partial charge in [0.2, 0.25) is 0 Å². The molecule has 0 unspecified atom stereocenters. The summed E-state index contributed by atoms with van der Waals surface area (Å²) in [6, 6.07) is 16.2. The van der Waals surface area contributed by atoms with Crippen LogP contribution in [-0.2, 0) is 0 Å². The largest absolute Gasteiger partial charge is 0.507 e. The molecule has 0 atom stereocenters. The lowest BCUT2D eigenvalue weighted by molar-refractivity contribution is 0.482. The van der Waals surface area contributed by atoms with Crippen molar-refractivity contribution in [1.82, 2.24) is 0 Å². The molecule has 0 amide bonds. The monoisotopic (exact) mass is 296 g/mol. The first kappa shape index (κ1) is 10.2. The molecule has 86 valence electrons. The first-order chi connectivity index (χ1) is 8.75. The lowest BCUT2D eigenvalue weighted by Gasteiger charge is -2.12. The fraction of sp³-hybridized carbons (Fsp3) is 0. The van der Waals surface area contributed by atoms with Crippen molar-refractivity contribution in [2.24, 2.45) is 0 Å². The van der Waals surface area contributed by atoms with E-state index < -0.39 is 0 Å². The molecule has 0 saturated heterocycles. The molecule has 0 aromatic heterocycles. The summed E-state index contributed by atoms with van der Waals surface area (Å²) in [7, 11) is 0. The van der Waals surface area contributed by atoms with Gasteiger partial charge in [-0.15, -0.1) is 0 Å². The Morgan fingerprint density at radius 1 is 0.667 bits per heavy atom. The molecule has 4 aromatic rings. The lowest BCUT2D eigenvalue weighted by Crippen LogP contribution is -1.84. The Morgan fingerprint density at radius 3 is 2.00 bits per heavy atom. The van der Waals surface area contributed by atoms with Gasteiger partial charge in [-0.3, -0.25) is 0 Å². The third-order valence-electron chi connectivity index (χ3n) is 3.59. The van der Waals surface area contributed by atoms with E-state index >= 15 is 0 Å². The summed E-state index contributed by atoms with van der Waals surface area (Å²) in [4.78, 5) is 0. The molecule has 18 heavy (non-hydrogen) atoms. The summed E-state index contributed by atoms with van der Waals surface area (Å²) in [6.07, 6.45) is 0. The van der Waals surface area contributed by atoms with Crippen molar-refractivity contribution in [3.63, 3.8) is 0 Å². The number of aromatic hydroxyl groups is 1. The van der Waals surface area contributed by atoms with E-state index in [0.29, 0.717) is 5.75 Å². The van der Waals surface area contributed by atoms with Crippen LogP contribution in [0.25, 0.3) is 32.3 Å². The summed E-state index contributed by atoms with van der Waals surface area (Å²) in [6.45, 7) is 0. The van der Waals surface area contributed by atoms with E-state index in [-0.39, 0.29) is 0 Å². The third kappa shape index (κ3) is 1.16. The maximum Gasteiger partial charge on any atom is 0.123 e. The lowest BCUT2D eigenvalue weighted by atomic mass is 9.94. The molecule has 2 heteroatoms. The second kappa shape index (κ2) is 3.36. The van der Waals surface area contributed by atoms with Gasteiger partial charge in [0, 0.05) is 15.2 Å². The van der Waals surface area contributed by atoms with Gasteiger partial charge in [0.15, 0.2) is 0 Å². The van der Waals surface area contributed by atoms with Gasteiger partial charge in [0.1, 0.15) is 5.75 Å². The summed E-state index contributed by atoms with van der Waals surface area (Å²) < 4.78 is 1.09. The number of phenols is 1. The normalized spacial score (nSPS) is 11.8. The zero-order chi connectivity index (χ0) is 12.3. The predicted molar refractivity (Wildman–Crippen MR) is 79.5 cm³/mol. The van der Waals surface area contributed by atoms with E-state index in [9.17, 15) is 5.11 Å². The molecule has 0 radical (unpaired) electrons. The standard InChI is InChI=1S/C16H9BrO/c17-13-7-3-9-2-6-12-14(18)8-4-10-1-5-11(13)15(9)16(10)12/h1-8,18H. The molecule has 4 aromatic carbocycles. The van der Waals surface area contributed by atoms with E-state index in [0.717, 1.165) is 15.2 Å². The number of hydrogen-bond donors (Lipinski definition) is 1. The average Bonchev–Trinajstić information content (AvgIpc) is 2.40. The molecule has 0 bridgehead atoms. The van der Waals surface area contributed by atoms with Gasteiger partial charge in [-0.2, -0.15) is 0 Å². The Hall–Kier alpha value is -1.80. The van der Waals surface area contributed by atoms with Gasteiger partial charge in [-0.25, -0.2) is 0 Å². The highest BCUT2D eigenvalue weighted by atomic mass is 79.9. The van der Waals surface area contributed by atoms with E-state index in [1.165, 1.54) is 21.5 Å². The van der Waals surface area contributed by atoms with Gasteiger partial charge >= 0.3 is 0 Å². The van der Waals surface area contributed by atoms with Crippen molar-refractivity contribution in [3.8, 4) is 5.75 Å². The molecule has 0 saturated carbocycles. The van der Waals surface area contributed by atoms with Crippen LogP contribution in [0.3, 0.4) is 0 Å². The van der Waals surface area contributed by atoms with Crippen molar-refractivity contribution in [1.29, 1.82) is 0 Å². The second-order valence-corrected chi connectivity index (χ2v) is 5.41. The average molecular weight is 297 g/mol. The van der Waals surface area contributed by atoms with Crippen LogP contribution in [0.2, 0.25) is 0 Å². The Kier molecular flexibility index (Phi) is 1.90. The van der Waals surface area contributed by atoms with Crippen LogP contribution in [-0.4, -0.2) is 5.11 Å². The summed E-state index contributed by atoms with van der Waals surface area (Å²) in [5.74, 6) is 0.344. The minimum atomic E-state index is 0.344. The van der Waals surface area contributed by atoms with Crippen LogP contribution in [0.1, 0.15) is 0 Å². The number of halogens is 1. The molecule has 0 fully saturated rings. The molecule has 0 aliphatic rings. The van der Waals surface area contributed by atoms with Crippen molar-refractivity contribution in [3.05, 3.63) is 53.0 Å². The third-order valence-corrected chi connectivity index (χ3v) is 4.28. The first-order valence-corrected chi connectivity index (χ1v) is 6.60. The van der Waals surface area contributed by atoms with Gasteiger partial charge in [0.05, 0.1) is 0 Å². The second-order valence-electron chi connectivity index (χ2n) is 4.55. The van der Waals surface area contributed by atoms with Crippen LogP contribution in [0.15, 0.2) is 53.0 Å². The molecule has 0 aliphatic heterocycles. The van der Waals surface area contributed by atoms with E-state index in [1.807, 2.05) is 12.1 Å². The molecule has 4 rings (SSSR count). The number of benzene rings is 4. The predicted octanol–water partition coefficient (Wildman–Crippen LogP) is 5.05. The maximum atomic E-state index is 10.0. The molecular weight excluding hydrogens is 288 g/mol. The minimum absolute atomic E-state index is 0.344. The van der Waals surface area contributed by atoms with Crippen LogP contribution < -0.4 is 0 Å². The van der Waals surface area contributed by atoms with Crippen molar-refractivity contribution in [2.75, 3.05) is 0 Å². The Morgan fingerprint density at radius 2 is 1.22 bits per heavy atom. The van der Waals surface area contributed by atoms with Gasteiger partial charge < -0.3 is 5.11 Å². The van der Waals surface area contributed by atoms with E-state index in [1.54, 1.807) is 6.07 Å². The van der Waals surface area contributed by atoms with Crippen molar-refractivity contribution < 1.29 is 5.11 Å². The Labute approximate surface area is 112 Å². The van der Waals surface area contributed by atoms with E-state index in [2.05, 4.69) is 46.3 Å². The molecular formula is C16H9BrO. The molecule has 1 N–H and O–H groups in total. The maximum absolute atomic E-state index is 10.0. The number of phenolic OH excluding ortho intramolecular Hbond substituents is 1. The highest BCUT2D eigenvalue weighted by Gasteiger charge is 2.11. The number of rotatable bonds is 0. The number of hydrogen-bond acceptors (Lipinski definition) is 1.